The van der Waals surface area contributed by atoms with Crippen LogP contribution in [0.15, 0.2) is 24.3 Å². The van der Waals surface area contributed by atoms with Crippen LogP contribution in [0.25, 0.3) is 32.9 Å². The van der Waals surface area contributed by atoms with Crippen molar-refractivity contribution in [3.05, 3.63) is 47.2 Å². The number of benzene rings is 2. The van der Waals surface area contributed by atoms with Gasteiger partial charge in [-0.3, -0.25) is 0 Å². The molecule has 264 valence electrons. The van der Waals surface area contributed by atoms with Crippen molar-refractivity contribution in [3.63, 3.8) is 0 Å². The first-order chi connectivity index (χ1) is 24.0. The van der Waals surface area contributed by atoms with E-state index in [-0.39, 0.29) is 46.9 Å². The summed E-state index contributed by atoms with van der Waals surface area (Å²) in [6.45, 7) is 7.67. The standard InChI is InChI=1S/C38H42F4N6O2/c1-3-23-17-48-24(16-43-23)5-7-28-30-33(31(40)32(44-28)26-15-25(49)14-22-4-6-27(39)21(2)29(22)26)45-35(46-34(30)48)50-20-36(8-9-36)19-47-12-10-37(11-13-47)18-38(37,41)42/h4,6,14-15,23-24,43,49H,3,5,7-13,16-20H2,1-2H3/t23-,24-/m1/s1. The maximum atomic E-state index is 17.1. The second-order valence-corrected chi connectivity index (χ2v) is 15.6. The Bertz CT molecular complexity index is 2030. The Morgan fingerprint density at radius 3 is 2.54 bits per heavy atom. The van der Waals surface area contributed by atoms with Crippen molar-refractivity contribution in [3.8, 4) is 23.0 Å². The summed E-state index contributed by atoms with van der Waals surface area (Å²) >= 11 is 0. The van der Waals surface area contributed by atoms with E-state index in [2.05, 4.69) is 22.0 Å². The fourth-order valence-electron chi connectivity index (χ4n) is 8.87. The van der Waals surface area contributed by atoms with Gasteiger partial charge >= 0.3 is 6.01 Å². The fraction of sp³-hybridized carbons (Fsp3) is 0.553. The Morgan fingerprint density at radius 2 is 1.82 bits per heavy atom. The smallest absolute Gasteiger partial charge is 0.319 e. The number of rotatable bonds is 7. The van der Waals surface area contributed by atoms with Crippen LogP contribution in [0.1, 0.15) is 63.1 Å². The molecule has 2 aliphatic carbocycles. The maximum absolute atomic E-state index is 17.1. The molecule has 0 amide bonds. The third-order valence-electron chi connectivity index (χ3n) is 12.4. The molecule has 0 bridgehead atoms. The second kappa shape index (κ2) is 11.4. The molecule has 12 heteroatoms. The minimum atomic E-state index is -2.51. The SMILES string of the molecule is CC[C@@H]1CN2c3nc(OCC4(CN5CCC6(CC5)CC6(F)F)CC4)nc4c(F)c(-c5cc(O)cc6ccc(F)c(C)c56)nc(c34)CC[C@@H]2CN1. The highest BCUT2D eigenvalue weighted by Crippen LogP contribution is 2.66. The summed E-state index contributed by atoms with van der Waals surface area (Å²) in [4.78, 5) is 19.1. The second-order valence-electron chi connectivity index (χ2n) is 15.6. The number of piperazine rings is 1. The average Bonchev–Trinajstić information content (AvgIpc) is 4.00. The number of aromatic nitrogens is 3. The third-order valence-corrected chi connectivity index (χ3v) is 12.4. The van der Waals surface area contributed by atoms with Crippen molar-refractivity contribution in [2.75, 3.05) is 44.2 Å². The highest BCUT2D eigenvalue weighted by molar-refractivity contribution is 6.02. The van der Waals surface area contributed by atoms with E-state index in [4.69, 9.17) is 19.7 Å². The van der Waals surface area contributed by atoms with Gasteiger partial charge in [-0.2, -0.15) is 9.97 Å². The van der Waals surface area contributed by atoms with Crippen molar-refractivity contribution < 1.29 is 27.4 Å². The third kappa shape index (κ3) is 5.19. The van der Waals surface area contributed by atoms with Crippen molar-refractivity contribution in [1.29, 1.82) is 0 Å². The molecule has 3 aliphatic heterocycles. The van der Waals surface area contributed by atoms with Gasteiger partial charge in [0, 0.05) is 54.5 Å². The van der Waals surface area contributed by atoms with Gasteiger partial charge in [-0.15, -0.1) is 0 Å². The molecule has 2 aromatic carbocycles. The normalized spacial score (nSPS) is 24.7. The summed E-state index contributed by atoms with van der Waals surface area (Å²) in [6, 6.07) is 6.34. The summed E-state index contributed by atoms with van der Waals surface area (Å²) in [5.74, 6) is -3.08. The number of piperidine rings is 1. The molecule has 4 aromatic rings. The molecule has 50 heavy (non-hydrogen) atoms. The first-order valence-corrected chi connectivity index (χ1v) is 18.0. The van der Waals surface area contributed by atoms with E-state index in [0.717, 1.165) is 38.8 Å². The number of phenols is 1. The highest BCUT2D eigenvalue weighted by Gasteiger charge is 2.70. The molecular formula is C38H42F4N6O2. The molecular weight excluding hydrogens is 648 g/mol. The van der Waals surface area contributed by atoms with Crippen LogP contribution in [0.4, 0.5) is 23.4 Å². The lowest BCUT2D eigenvalue weighted by Crippen LogP contribution is -2.56. The van der Waals surface area contributed by atoms with Crippen LogP contribution < -0.4 is 15.0 Å². The van der Waals surface area contributed by atoms with E-state index in [1.807, 2.05) is 0 Å². The lowest BCUT2D eigenvalue weighted by atomic mass is 9.92. The quantitative estimate of drug-likeness (QED) is 0.202. The van der Waals surface area contributed by atoms with Gasteiger partial charge < -0.3 is 25.0 Å². The van der Waals surface area contributed by atoms with Gasteiger partial charge in [0.25, 0.3) is 5.92 Å². The largest absolute Gasteiger partial charge is 0.508 e. The lowest BCUT2D eigenvalue weighted by molar-refractivity contribution is 0.0252. The van der Waals surface area contributed by atoms with Crippen LogP contribution >= 0.6 is 0 Å². The molecule has 4 fully saturated rings. The van der Waals surface area contributed by atoms with Gasteiger partial charge in [0.1, 0.15) is 28.6 Å². The van der Waals surface area contributed by atoms with Crippen LogP contribution in [0, 0.1) is 29.4 Å². The molecule has 5 heterocycles. The first kappa shape index (κ1) is 32.2. The molecule has 2 saturated carbocycles. The number of anilines is 1. The van der Waals surface area contributed by atoms with E-state index in [9.17, 15) is 18.3 Å². The molecule has 2 saturated heterocycles. The van der Waals surface area contributed by atoms with Crippen molar-refractivity contribution in [2.24, 2.45) is 10.8 Å². The van der Waals surface area contributed by atoms with Gasteiger partial charge in [-0.1, -0.05) is 13.0 Å². The number of aromatic hydroxyl groups is 1. The Balaban J connectivity index is 1.10. The number of likely N-dealkylation sites (tertiary alicyclic amines) is 1. The molecule has 0 unspecified atom stereocenters. The van der Waals surface area contributed by atoms with Crippen LogP contribution in [0.2, 0.25) is 0 Å². The Labute approximate surface area is 288 Å². The number of alkyl halides is 2. The van der Waals surface area contributed by atoms with Crippen LogP contribution in [0.3, 0.4) is 0 Å². The zero-order valence-corrected chi connectivity index (χ0v) is 28.5. The van der Waals surface area contributed by atoms with Crippen molar-refractivity contribution >= 4 is 27.5 Å². The Hall–Kier alpha value is -3.77. The number of pyridine rings is 1. The maximum Gasteiger partial charge on any atom is 0.319 e. The van der Waals surface area contributed by atoms with E-state index >= 15 is 4.39 Å². The van der Waals surface area contributed by atoms with Gasteiger partial charge in [-0.25, -0.2) is 22.5 Å². The van der Waals surface area contributed by atoms with Crippen LogP contribution in [-0.2, 0) is 6.42 Å². The fourth-order valence-corrected chi connectivity index (χ4v) is 8.87. The summed E-state index contributed by atoms with van der Waals surface area (Å²) < 4.78 is 66.3. The number of hydrogen-bond donors (Lipinski definition) is 2. The molecule has 2 N–H and O–H groups in total. The van der Waals surface area contributed by atoms with E-state index < -0.39 is 23.0 Å². The van der Waals surface area contributed by atoms with Crippen molar-refractivity contribution in [1.82, 2.24) is 25.2 Å². The molecule has 8 nitrogen and oxygen atoms in total. The Morgan fingerprint density at radius 1 is 1.04 bits per heavy atom. The number of ether oxygens (including phenoxy) is 1. The van der Waals surface area contributed by atoms with Crippen LogP contribution in [0.5, 0.6) is 11.8 Å². The Kier molecular flexibility index (Phi) is 7.31. The predicted octanol–water partition coefficient (Wildman–Crippen LogP) is 6.92. The zero-order chi connectivity index (χ0) is 34.6. The van der Waals surface area contributed by atoms with E-state index in [1.165, 1.54) is 18.2 Å². The number of hydrogen-bond acceptors (Lipinski definition) is 8. The zero-order valence-electron chi connectivity index (χ0n) is 28.5. The topological polar surface area (TPSA) is 86.6 Å². The lowest BCUT2D eigenvalue weighted by Gasteiger charge is -2.40. The monoisotopic (exact) mass is 690 g/mol. The number of halogens is 4. The van der Waals surface area contributed by atoms with Crippen LogP contribution in [-0.4, -0.2) is 82.3 Å². The summed E-state index contributed by atoms with van der Waals surface area (Å²) in [6.07, 6.45) is 5.24. The number of nitrogens with one attached hydrogen (secondary N) is 1. The summed E-state index contributed by atoms with van der Waals surface area (Å²) in [5, 5.41) is 15.9. The molecule has 0 radical (unpaired) electrons. The van der Waals surface area contributed by atoms with E-state index in [1.54, 1.807) is 13.0 Å². The molecule has 1 spiro atoms. The number of nitrogens with zero attached hydrogens (tertiary/aromatic N) is 5. The van der Waals surface area contributed by atoms with Gasteiger partial charge in [0.15, 0.2) is 5.82 Å². The highest BCUT2D eigenvalue weighted by atomic mass is 19.3. The summed E-state index contributed by atoms with van der Waals surface area (Å²) in [7, 11) is 0. The van der Waals surface area contributed by atoms with Gasteiger partial charge in [0.05, 0.1) is 17.7 Å². The summed E-state index contributed by atoms with van der Waals surface area (Å²) in [5.41, 5.74) is 0.494. The van der Waals surface area contributed by atoms with Gasteiger partial charge in [-0.05, 0) is 99.5 Å². The molecule has 2 atom stereocenters. The number of phenolic OH excluding ortho intramolecular Hbond substituents is 1. The molecule has 5 aliphatic rings. The van der Waals surface area contributed by atoms with Crippen molar-refractivity contribution in [2.45, 2.75) is 83.2 Å². The van der Waals surface area contributed by atoms with E-state index in [0.29, 0.717) is 84.3 Å². The first-order valence-electron chi connectivity index (χ1n) is 18.0. The minimum absolute atomic E-state index is 0.00454. The molecule has 9 rings (SSSR count). The average molecular weight is 691 g/mol. The molecule has 2 aromatic heterocycles. The number of aryl methyl sites for hydroxylation is 2. The predicted molar refractivity (Wildman–Crippen MR) is 183 cm³/mol. The minimum Gasteiger partial charge on any atom is -0.508 e. The number of fused-ring (bicyclic) bond motifs is 3. The van der Waals surface area contributed by atoms with Gasteiger partial charge in [0.2, 0.25) is 0 Å².